The van der Waals surface area contributed by atoms with Crippen LogP contribution in [-0.4, -0.2) is 71.7 Å². The zero-order chi connectivity index (χ0) is 30.6. The molecular formula is C29H31Cl2N7O4. The van der Waals surface area contributed by atoms with E-state index < -0.39 is 36.2 Å². The van der Waals surface area contributed by atoms with E-state index in [1.807, 2.05) is 43.3 Å². The normalized spacial score (nSPS) is 16.1. The van der Waals surface area contributed by atoms with E-state index in [9.17, 15) is 19.6 Å². The molecule has 3 N–H and O–H groups in total. The van der Waals surface area contributed by atoms with Crippen molar-refractivity contribution in [1.29, 1.82) is 0 Å². The van der Waals surface area contributed by atoms with E-state index in [-0.39, 0.29) is 0 Å². The molecule has 1 aliphatic heterocycles. The van der Waals surface area contributed by atoms with Gasteiger partial charge in [0, 0.05) is 41.2 Å². The zero-order valence-electron chi connectivity index (χ0n) is 23.5. The van der Waals surface area contributed by atoms with Crippen molar-refractivity contribution in [2.45, 2.75) is 25.6 Å². The van der Waals surface area contributed by atoms with Crippen LogP contribution >= 0.6 is 23.2 Å². The van der Waals surface area contributed by atoms with E-state index >= 15 is 0 Å². The predicted octanol–water partition coefficient (Wildman–Crippen LogP) is 5.48. The minimum absolute atomic E-state index is 0.364. The fourth-order valence-corrected chi connectivity index (χ4v) is 4.76. The monoisotopic (exact) mass is 611 g/mol. The van der Waals surface area contributed by atoms with Crippen LogP contribution in [0.15, 0.2) is 77.9 Å². The lowest BCUT2D eigenvalue weighted by atomic mass is 9.99. The van der Waals surface area contributed by atoms with Crippen molar-refractivity contribution in [1.82, 2.24) is 15.4 Å². The highest BCUT2D eigenvalue weighted by Crippen LogP contribution is 2.38. The van der Waals surface area contributed by atoms with Crippen molar-refractivity contribution in [3.8, 4) is 0 Å². The van der Waals surface area contributed by atoms with Gasteiger partial charge in [0.05, 0.1) is 11.8 Å². The molecule has 0 radical (unpaired) electrons. The van der Waals surface area contributed by atoms with E-state index in [2.05, 4.69) is 15.8 Å². The molecule has 4 rings (SSSR count). The SMILES string of the molecule is CN(C)c1ccc(/C=N/NC(=O)CN2C(=O)N(c3ccc(Cl)cc3)C(N(O)C(=O)Nc3ccc(Cl)cc3)C2(C)C)cc1. The summed E-state index contributed by atoms with van der Waals surface area (Å²) < 4.78 is 0. The number of hydrogen-bond acceptors (Lipinski definition) is 6. The first-order valence-electron chi connectivity index (χ1n) is 12.9. The molecule has 42 heavy (non-hydrogen) atoms. The number of benzene rings is 3. The summed E-state index contributed by atoms with van der Waals surface area (Å²) in [5.41, 5.74) is 3.74. The molecule has 13 heteroatoms. The van der Waals surface area contributed by atoms with Crippen LogP contribution in [0.2, 0.25) is 10.0 Å². The van der Waals surface area contributed by atoms with Crippen molar-refractivity contribution in [2.24, 2.45) is 5.10 Å². The highest BCUT2D eigenvalue weighted by atomic mass is 35.5. The topological polar surface area (TPSA) is 121 Å². The molecule has 1 unspecified atom stereocenters. The fourth-order valence-electron chi connectivity index (χ4n) is 4.51. The Kier molecular flexibility index (Phi) is 9.25. The standard InChI is InChI=1S/C29H31Cl2N7O4/c1-29(2)26(38(42)27(40)33-22-11-7-20(30)8-12-22)37(24-15-9-21(31)10-16-24)28(41)36(29)18-25(39)34-32-17-19-5-13-23(14-6-19)35(3)4/h5-17,26,42H,18H2,1-4H3,(H,33,40)(H,34,39)/b32-17+. The van der Waals surface area contributed by atoms with Crippen LogP contribution < -0.4 is 20.5 Å². The molecule has 5 amide bonds. The molecule has 3 aromatic carbocycles. The van der Waals surface area contributed by atoms with Crippen LogP contribution in [-0.2, 0) is 4.79 Å². The second kappa shape index (κ2) is 12.7. The molecule has 1 fully saturated rings. The summed E-state index contributed by atoms with van der Waals surface area (Å²) in [7, 11) is 3.87. The Labute approximate surface area is 253 Å². The Morgan fingerprint density at radius 2 is 1.55 bits per heavy atom. The predicted molar refractivity (Wildman–Crippen MR) is 165 cm³/mol. The lowest BCUT2D eigenvalue weighted by Crippen LogP contribution is -2.58. The number of carbonyl (C=O) groups is 3. The fraction of sp³-hybridized carbons (Fsp3) is 0.241. The Morgan fingerprint density at radius 1 is 0.976 bits per heavy atom. The second-order valence-corrected chi connectivity index (χ2v) is 11.2. The highest BCUT2D eigenvalue weighted by molar-refractivity contribution is 6.31. The Hall–Kier alpha value is -4.32. The maximum Gasteiger partial charge on any atom is 0.347 e. The summed E-state index contributed by atoms with van der Waals surface area (Å²) in [6.45, 7) is 2.90. The Bertz CT molecular complexity index is 1460. The molecule has 220 valence electrons. The minimum atomic E-state index is -1.24. The van der Waals surface area contributed by atoms with Gasteiger partial charge in [0.15, 0.2) is 6.17 Å². The van der Waals surface area contributed by atoms with Gasteiger partial charge in [-0.1, -0.05) is 35.3 Å². The van der Waals surface area contributed by atoms with E-state index in [0.717, 1.165) is 11.3 Å². The van der Waals surface area contributed by atoms with E-state index in [4.69, 9.17) is 23.2 Å². The van der Waals surface area contributed by atoms with Crippen molar-refractivity contribution in [2.75, 3.05) is 35.8 Å². The van der Waals surface area contributed by atoms with Crippen LogP contribution in [0.25, 0.3) is 0 Å². The molecule has 1 aliphatic rings. The second-order valence-electron chi connectivity index (χ2n) is 10.3. The molecular weight excluding hydrogens is 581 g/mol. The first-order chi connectivity index (χ1) is 19.9. The maximum absolute atomic E-state index is 13.8. The van der Waals surface area contributed by atoms with Crippen molar-refractivity contribution in [3.63, 3.8) is 0 Å². The molecule has 0 saturated carbocycles. The number of anilines is 3. The number of nitrogens with one attached hydrogen (secondary N) is 2. The van der Waals surface area contributed by atoms with Gasteiger partial charge in [-0.3, -0.25) is 14.9 Å². The first-order valence-corrected chi connectivity index (χ1v) is 13.6. The quantitative estimate of drug-likeness (QED) is 0.177. The van der Waals surface area contributed by atoms with Crippen LogP contribution in [0, 0.1) is 0 Å². The molecule has 1 atom stereocenters. The number of nitrogens with zero attached hydrogens (tertiary/aromatic N) is 5. The summed E-state index contributed by atoms with van der Waals surface area (Å²) >= 11 is 12.0. The van der Waals surface area contributed by atoms with E-state index in [0.29, 0.717) is 26.5 Å². The number of hydroxylamine groups is 2. The minimum Gasteiger partial charge on any atom is -0.378 e. The van der Waals surface area contributed by atoms with E-state index in [1.54, 1.807) is 62.4 Å². The number of urea groups is 2. The number of halogens is 2. The summed E-state index contributed by atoms with van der Waals surface area (Å²) in [4.78, 5) is 44.3. The van der Waals surface area contributed by atoms with Gasteiger partial charge in [-0.15, -0.1) is 0 Å². The third kappa shape index (κ3) is 6.76. The number of rotatable bonds is 8. The van der Waals surface area contributed by atoms with Crippen molar-refractivity contribution in [3.05, 3.63) is 88.4 Å². The van der Waals surface area contributed by atoms with Crippen molar-refractivity contribution >= 4 is 64.4 Å². The first kappa shape index (κ1) is 30.6. The molecule has 0 spiro atoms. The Morgan fingerprint density at radius 3 is 2.12 bits per heavy atom. The molecule has 0 aromatic heterocycles. The van der Waals surface area contributed by atoms with Crippen LogP contribution in [0.1, 0.15) is 19.4 Å². The van der Waals surface area contributed by atoms with Gasteiger partial charge in [0.1, 0.15) is 6.54 Å². The summed E-state index contributed by atoms with van der Waals surface area (Å²) in [5.74, 6) is -0.565. The average molecular weight is 613 g/mol. The molecule has 3 aromatic rings. The van der Waals surface area contributed by atoms with E-state index in [1.165, 1.54) is 16.0 Å². The highest BCUT2D eigenvalue weighted by Gasteiger charge is 2.56. The lowest BCUT2D eigenvalue weighted by molar-refractivity contribution is -0.124. The van der Waals surface area contributed by atoms with Gasteiger partial charge in [-0.25, -0.2) is 15.0 Å². The number of carbonyl (C=O) groups excluding carboxylic acids is 3. The average Bonchev–Trinajstić information content (AvgIpc) is 3.14. The molecule has 0 aliphatic carbocycles. The third-order valence-electron chi connectivity index (χ3n) is 6.76. The summed E-state index contributed by atoms with van der Waals surface area (Å²) in [6.07, 6.45) is 0.262. The molecule has 11 nitrogen and oxygen atoms in total. The molecule has 1 heterocycles. The van der Waals surface area contributed by atoms with Crippen LogP contribution in [0.5, 0.6) is 0 Å². The lowest BCUT2D eigenvalue weighted by Gasteiger charge is -2.38. The smallest absolute Gasteiger partial charge is 0.347 e. The van der Waals surface area contributed by atoms with Crippen LogP contribution in [0.4, 0.5) is 26.7 Å². The molecule has 1 saturated heterocycles. The zero-order valence-corrected chi connectivity index (χ0v) is 25.0. The summed E-state index contributed by atoms with van der Waals surface area (Å²) in [6, 6.07) is 18.7. The van der Waals surface area contributed by atoms with Gasteiger partial charge < -0.3 is 15.1 Å². The van der Waals surface area contributed by atoms with Crippen LogP contribution in [0.3, 0.4) is 0 Å². The number of hydrogen-bond donors (Lipinski definition) is 3. The van der Waals surface area contributed by atoms with Gasteiger partial charge in [0.2, 0.25) is 0 Å². The van der Waals surface area contributed by atoms with Gasteiger partial charge >= 0.3 is 12.1 Å². The van der Waals surface area contributed by atoms with Gasteiger partial charge in [0.25, 0.3) is 5.91 Å². The van der Waals surface area contributed by atoms with Gasteiger partial charge in [-0.2, -0.15) is 10.2 Å². The maximum atomic E-state index is 13.8. The largest absolute Gasteiger partial charge is 0.378 e. The number of hydrazone groups is 1. The molecule has 0 bridgehead atoms. The van der Waals surface area contributed by atoms with Crippen molar-refractivity contribution < 1.29 is 19.6 Å². The Balaban J connectivity index is 1.54. The third-order valence-corrected chi connectivity index (χ3v) is 7.27. The summed E-state index contributed by atoms with van der Waals surface area (Å²) in [5, 5.41) is 19.1. The van der Waals surface area contributed by atoms with Gasteiger partial charge in [-0.05, 0) is 80.1 Å². The number of amides is 5.